The van der Waals surface area contributed by atoms with Crippen molar-refractivity contribution in [1.29, 1.82) is 0 Å². The van der Waals surface area contributed by atoms with Crippen LogP contribution in [0.5, 0.6) is 11.5 Å². The van der Waals surface area contributed by atoms with Crippen LogP contribution in [0.2, 0.25) is 0 Å². The average molecular weight is 265 g/mol. The van der Waals surface area contributed by atoms with Crippen LogP contribution in [0.3, 0.4) is 0 Å². The predicted octanol–water partition coefficient (Wildman–Crippen LogP) is 2.08. The molecule has 1 aliphatic rings. The third-order valence-corrected chi connectivity index (χ3v) is 3.74. The first-order valence-corrected chi connectivity index (χ1v) is 6.76. The average Bonchev–Trinajstić information content (AvgIpc) is 2.83. The molecule has 0 saturated carbocycles. The predicted molar refractivity (Wildman–Crippen MR) is 74.7 cm³/mol. The Hall–Kier alpha value is -1.26. The van der Waals surface area contributed by atoms with Gasteiger partial charge < -0.3 is 19.5 Å². The van der Waals surface area contributed by atoms with Gasteiger partial charge in [-0.15, -0.1) is 0 Å². The van der Waals surface area contributed by atoms with Crippen molar-refractivity contribution >= 4 is 0 Å². The normalized spacial score (nSPS) is 21.4. The van der Waals surface area contributed by atoms with E-state index in [1.54, 1.807) is 14.2 Å². The molecule has 1 aromatic carbocycles. The summed E-state index contributed by atoms with van der Waals surface area (Å²) >= 11 is 0. The molecule has 0 aliphatic carbocycles. The summed E-state index contributed by atoms with van der Waals surface area (Å²) in [4.78, 5) is 2.30. The van der Waals surface area contributed by atoms with Gasteiger partial charge in [-0.3, -0.25) is 0 Å². The lowest BCUT2D eigenvalue weighted by atomic mass is 10.1. The zero-order chi connectivity index (χ0) is 13.8. The maximum atomic E-state index is 10.4. The fourth-order valence-corrected chi connectivity index (χ4v) is 2.63. The van der Waals surface area contributed by atoms with Crippen molar-refractivity contribution in [2.45, 2.75) is 19.4 Å². The third-order valence-electron chi connectivity index (χ3n) is 3.74. The molecule has 0 spiro atoms. The van der Waals surface area contributed by atoms with E-state index in [0.717, 1.165) is 30.3 Å². The molecule has 2 atom stereocenters. The van der Waals surface area contributed by atoms with Gasteiger partial charge in [0.25, 0.3) is 0 Å². The van der Waals surface area contributed by atoms with Crippen molar-refractivity contribution in [3.8, 4) is 11.5 Å². The summed E-state index contributed by atoms with van der Waals surface area (Å²) in [5, 5.41) is 10.4. The van der Waals surface area contributed by atoms with Crippen LogP contribution in [0.1, 0.15) is 25.0 Å². The summed E-state index contributed by atoms with van der Waals surface area (Å²) in [6, 6.07) is 5.54. The molecule has 0 aromatic heterocycles. The highest BCUT2D eigenvalue weighted by Crippen LogP contribution is 2.30. The number of benzene rings is 1. The van der Waals surface area contributed by atoms with Crippen LogP contribution in [0.15, 0.2) is 18.2 Å². The Morgan fingerprint density at radius 3 is 2.74 bits per heavy atom. The number of rotatable bonds is 5. The molecule has 4 heteroatoms. The zero-order valence-corrected chi connectivity index (χ0v) is 11.9. The van der Waals surface area contributed by atoms with E-state index in [0.29, 0.717) is 12.3 Å². The van der Waals surface area contributed by atoms with Crippen LogP contribution in [0.4, 0.5) is 0 Å². The minimum atomic E-state index is -0.522. The maximum absolute atomic E-state index is 10.4. The van der Waals surface area contributed by atoms with E-state index in [2.05, 4.69) is 11.8 Å². The summed E-state index contributed by atoms with van der Waals surface area (Å²) in [5.74, 6) is 2.15. The van der Waals surface area contributed by atoms with Gasteiger partial charge in [0.15, 0.2) is 0 Å². The third kappa shape index (κ3) is 3.39. The van der Waals surface area contributed by atoms with Crippen LogP contribution in [0, 0.1) is 5.92 Å². The first-order valence-electron chi connectivity index (χ1n) is 6.76. The molecular formula is C15H23NO3. The van der Waals surface area contributed by atoms with Gasteiger partial charge in [-0.2, -0.15) is 0 Å². The summed E-state index contributed by atoms with van der Waals surface area (Å²) in [5.41, 5.74) is 0.822. The summed E-state index contributed by atoms with van der Waals surface area (Å²) in [6.07, 6.45) is 0.693. The first kappa shape index (κ1) is 14.2. The Kier molecular flexibility index (Phi) is 4.66. The number of aliphatic hydroxyl groups is 1. The van der Waals surface area contributed by atoms with Crippen LogP contribution in [0.25, 0.3) is 0 Å². The molecule has 1 aromatic rings. The second-order valence-electron chi connectivity index (χ2n) is 5.28. The minimum Gasteiger partial charge on any atom is -0.497 e. The van der Waals surface area contributed by atoms with E-state index < -0.39 is 6.10 Å². The Morgan fingerprint density at radius 2 is 2.16 bits per heavy atom. The van der Waals surface area contributed by atoms with E-state index >= 15 is 0 Å². The number of likely N-dealkylation sites (tertiary alicyclic amines) is 1. The molecule has 2 rings (SSSR count). The van der Waals surface area contributed by atoms with Gasteiger partial charge >= 0.3 is 0 Å². The number of methoxy groups -OCH3 is 2. The molecule has 1 heterocycles. The van der Waals surface area contributed by atoms with Gasteiger partial charge in [0.2, 0.25) is 0 Å². The van der Waals surface area contributed by atoms with Crippen molar-refractivity contribution in [1.82, 2.24) is 4.90 Å². The van der Waals surface area contributed by atoms with E-state index in [1.807, 2.05) is 18.2 Å². The fraction of sp³-hybridized carbons (Fsp3) is 0.600. The second kappa shape index (κ2) is 6.26. The fourth-order valence-electron chi connectivity index (χ4n) is 2.63. The van der Waals surface area contributed by atoms with Crippen molar-refractivity contribution in [2.24, 2.45) is 5.92 Å². The smallest absolute Gasteiger partial charge is 0.128 e. The maximum Gasteiger partial charge on any atom is 0.128 e. The molecule has 19 heavy (non-hydrogen) atoms. The van der Waals surface area contributed by atoms with Gasteiger partial charge in [-0.1, -0.05) is 6.92 Å². The highest BCUT2D eigenvalue weighted by atomic mass is 16.5. The van der Waals surface area contributed by atoms with Gasteiger partial charge in [-0.05, 0) is 31.0 Å². The number of β-amino-alcohol motifs (C(OH)–C–C–N with tert-alkyl or cyclic N) is 1. The molecule has 1 saturated heterocycles. The van der Waals surface area contributed by atoms with Crippen molar-refractivity contribution in [2.75, 3.05) is 33.9 Å². The SMILES string of the molecule is COc1ccc(C(O)CN2CCC(C)C2)c(OC)c1. The molecule has 0 amide bonds. The number of ether oxygens (including phenoxy) is 2. The van der Waals surface area contributed by atoms with Gasteiger partial charge in [-0.25, -0.2) is 0 Å². The lowest BCUT2D eigenvalue weighted by Crippen LogP contribution is -2.26. The molecule has 4 nitrogen and oxygen atoms in total. The highest BCUT2D eigenvalue weighted by molar-refractivity contribution is 5.42. The van der Waals surface area contributed by atoms with Crippen LogP contribution >= 0.6 is 0 Å². The largest absolute Gasteiger partial charge is 0.497 e. The minimum absolute atomic E-state index is 0.522. The van der Waals surface area contributed by atoms with Crippen molar-refractivity contribution < 1.29 is 14.6 Å². The molecule has 1 fully saturated rings. The summed E-state index contributed by atoms with van der Waals surface area (Å²) in [6.45, 7) is 5.04. The molecule has 1 N–H and O–H groups in total. The number of aliphatic hydroxyl groups excluding tert-OH is 1. The Balaban J connectivity index is 2.07. The summed E-state index contributed by atoms with van der Waals surface area (Å²) in [7, 11) is 3.24. The summed E-state index contributed by atoms with van der Waals surface area (Å²) < 4.78 is 10.5. The first-order chi connectivity index (χ1) is 9.13. The number of nitrogens with zero attached hydrogens (tertiary/aromatic N) is 1. The van der Waals surface area contributed by atoms with Crippen LogP contribution < -0.4 is 9.47 Å². The second-order valence-corrected chi connectivity index (χ2v) is 5.28. The van der Waals surface area contributed by atoms with E-state index in [-0.39, 0.29) is 0 Å². The quantitative estimate of drug-likeness (QED) is 0.885. The van der Waals surface area contributed by atoms with E-state index in [4.69, 9.17) is 9.47 Å². The lowest BCUT2D eigenvalue weighted by Gasteiger charge is -2.21. The number of hydrogen-bond acceptors (Lipinski definition) is 4. The van der Waals surface area contributed by atoms with Crippen LogP contribution in [-0.4, -0.2) is 43.9 Å². The Morgan fingerprint density at radius 1 is 1.37 bits per heavy atom. The Labute approximate surface area is 114 Å². The molecule has 0 bridgehead atoms. The molecule has 106 valence electrons. The van der Waals surface area contributed by atoms with Crippen molar-refractivity contribution in [3.63, 3.8) is 0 Å². The van der Waals surface area contributed by atoms with E-state index in [1.165, 1.54) is 6.42 Å². The van der Waals surface area contributed by atoms with Gasteiger partial charge in [0.1, 0.15) is 11.5 Å². The van der Waals surface area contributed by atoms with Gasteiger partial charge in [0, 0.05) is 24.7 Å². The molecular weight excluding hydrogens is 242 g/mol. The molecule has 2 unspecified atom stereocenters. The molecule has 0 radical (unpaired) electrons. The van der Waals surface area contributed by atoms with Crippen LogP contribution in [-0.2, 0) is 0 Å². The van der Waals surface area contributed by atoms with Gasteiger partial charge in [0.05, 0.1) is 20.3 Å². The standard InChI is InChI=1S/C15H23NO3/c1-11-6-7-16(9-11)10-14(17)13-5-4-12(18-2)8-15(13)19-3/h4-5,8,11,14,17H,6-7,9-10H2,1-3H3. The highest BCUT2D eigenvalue weighted by Gasteiger charge is 2.23. The lowest BCUT2D eigenvalue weighted by molar-refractivity contribution is 0.122. The van der Waals surface area contributed by atoms with Crippen molar-refractivity contribution in [3.05, 3.63) is 23.8 Å². The Bertz CT molecular complexity index is 422. The monoisotopic (exact) mass is 265 g/mol. The topological polar surface area (TPSA) is 41.9 Å². The molecule has 1 aliphatic heterocycles. The van der Waals surface area contributed by atoms with E-state index in [9.17, 15) is 5.11 Å². The zero-order valence-electron chi connectivity index (χ0n) is 11.9. The number of hydrogen-bond donors (Lipinski definition) is 1.